The van der Waals surface area contributed by atoms with Gasteiger partial charge in [0.2, 0.25) is 0 Å². The SMILES string of the molecule is C#Cc1cccc(C2=CCC(C(CCC)CC(=C)C)=C2)c1. The van der Waals surface area contributed by atoms with Crippen molar-refractivity contribution in [2.24, 2.45) is 5.92 Å². The van der Waals surface area contributed by atoms with E-state index in [0.717, 1.165) is 18.4 Å². The summed E-state index contributed by atoms with van der Waals surface area (Å²) >= 11 is 0. The summed E-state index contributed by atoms with van der Waals surface area (Å²) in [6.45, 7) is 8.47. The molecule has 0 bridgehead atoms. The van der Waals surface area contributed by atoms with Crippen LogP contribution in [0.2, 0.25) is 0 Å². The third-order valence-electron chi connectivity index (χ3n) is 4.02. The Kier molecular flexibility index (Phi) is 5.23. The molecule has 1 unspecified atom stereocenters. The Bertz CT molecular complexity index is 620. The highest BCUT2D eigenvalue weighted by atomic mass is 14.2. The molecule has 0 amide bonds. The van der Waals surface area contributed by atoms with Crippen molar-refractivity contribution in [2.75, 3.05) is 0 Å². The number of hydrogen-bond acceptors (Lipinski definition) is 0. The number of rotatable bonds is 6. The second-order valence-electron chi connectivity index (χ2n) is 5.95. The zero-order chi connectivity index (χ0) is 15.2. The molecule has 0 heterocycles. The van der Waals surface area contributed by atoms with E-state index in [1.165, 1.54) is 29.6 Å². The lowest BCUT2D eigenvalue weighted by atomic mass is 9.88. The standard InChI is InChI=1S/C21H24/c1-5-8-18(13-16(3)4)20-11-12-21(15-20)19-10-7-9-17(6-2)14-19/h2,7,9-10,12,14-15,18H,3,5,8,11,13H2,1,4H3. The van der Waals surface area contributed by atoms with Crippen molar-refractivity contribution in [2.45, 2.75) is 39.5 Å². The highest BCUT2D eigenvalue weighted by Gasteiger charge is 2.17. The summed E-state index contributed by atoms with van der Waals surface area (Å²) in [4.78, 5) is 0. The number of allylic oxidation sites excluding steroid dienone is 5. The van der Waals surface area contributed by atoms with Gasteiger partial charge in [0.25, 0.3) is 0 Å². The molecule has 1 aromatic carbocycles. The highest BCUT2D eigenvalue weighted by molar-refractivity contribution is 5.78. The minimum absolute atomic E-state index is 0.636. The van der Waals surface area contributed by atoms with E-state index < -0.39 is 0 Å². The zero-order valence-electron chi connectivity index (χ0n) is 13.2. The quantitative estimate of drug-likeness (QED) is 0.457. The first-order valence-electron chi connectivity index (χ1n) is 7.76. The maximum Gasteiger partial charge on any atom is 0.0248 e. The molecule has 108 valence electrons. The Hall–Kier alpha value is -2.00. The summed E-state index contributed by atoms with van der Waals surface area (Å²) < 4.78 is 0. The van der Waals surface area contributed by atoms with Gasteiger partial charge in [-0.3, -0.25) is 0 Å². The molecule has 1 aliphatic rings. The van der Waals surface area contributed by atoms with Gasteiger partial charge in [0.05, 0.1) is 0 Å². The maximum absolute atomic E-state index is 5.49. The lowest BCUT2D eigenvalue weighted by Gasteiger charge is -2.17. The fraction of sp³-hybridized carbons (Fsp3) is 0.333. The van der Waals surface area contributed by atoms with Gasteiger partial charge in [-0.1, -0.05) is 54.7 Å². The molecule has 1 atom stereocenters. The molecule has 0 nitrogen and oxygen atoms in total. The minimum atomic E-state index is 0.636. The molecule has 0 radical (unpaired) electrons. The highest BCUT2D eigenvalue weighted by Crippen LogP contribution is 2.35. The van der Waals surface area contributed by atoms with E-state index >= 15 is 0 Å². The molecule has 0 aliphatic heterocycles. The van der Waals surface area contributed by atoms with Gasteiger partial charge in [-0.25, -0.2) is 0 Å². The van der Waals surface area contributed by atoms with Crippen molar-refractivity contribution in [1.82, 2.24) is 0 Å². The van der Waals surface area contributed by atoms with E-state index in [9.17, 15) is 0 Å². The molecule has 1 aromatic rings. The predicted octanol–water partition coefficient (Wildman–Crippen LogP) is 5.76. The first kappa shape index (κ1) is 15.4. The van der Waals surface area contributed by atoms with E-state index in [0.29, 0.717) is 5.92 Å². The molecule has 0 N–H and O–H groups in total. The van der Waals surface area contributed by atoms with Crippen LogP contribution in [0.15, 0.2) is 54.1 Å². The normalized spacial score (nSPS) is 15.1. The molecular formula is C21H24. The van der Waals surface area contributed by atoms with E-state index in [4.69, 9.17) is 6.42 Å². The van der Waals surface area contributed by atoms with Gasteiger partial charge in [0.1, 0.15) is 0 Å². The summed E-state index contributed by atoms with van der Waals surface area (Å²) in [6.07, 6.45) is 14.8. The van der Waals surface area contributed by atoms with Crippen LogP contribution < -0.4 is 0 Å². The van der Waals surface area contributed by atoms with E-state index in [1.807, 2.05) is 12.1 Å². The monoisotopic (exact) mass is 276 g/mol. The Morgan fingerprint density at radius 3 is 2.90 bits per heavy atom. The Morgan fingerprint density at radius 1 is 1.43 bits per heavy atom. The number of benzene rings is 1. The topological polar surface area (TPSA) is 0 Å². The predicted molar refractivity (Wildman–Crippen MR) is 92.9 cm³/mol. The fourth-order valence-corrected chi connectivity index (χ4v) is 3.01. The molecule has 0 fully saturated rings. The van der Waals surface area contributed by atoms with Gasteiger partial charge in [-0.15, -0.1) is 13.0 Å². The van der Waals surface area contributed by atoms with Crippen LogP contribution in [-0.2, 0) is 0 Å². The smallest absolute Gasteiger partial charge is 0.0248 e. The van der Waals surface area contributed by atoms with Crippen LogP contribution >= 0.6 is 0 Å². The Morgan fingerprint density at radius 2 is 2.24 bits per heavy atom. The molecule has 0 saturated carbocycles. The molecule has 0 aromatic heterocycles. The lowest BCUT2D eigenvalue weighted by Crippen LogP contribution is -2.03. The fourth-order valence-electron chi connectivity index (χ4n) is 3.01. The van der Waals surface area contributed by atoms with Crippen molar-refractivity contribution in [3.8, 4) is 12.3 Å². The second kappa shape index (κ2) is 7.14. The Balaban J connectivity index is 2.19. The maximum atomic E-state index is 5.49. The van der Waals surface area contributed by atoms with Crippen LogP contribution in [0.5, 0.6) is 0 Å². The molecule has 21 heavy (non-hydrogen) atoms. The zero-order valence-corrected chi connectivity index (χ0v) is 13.2. The summed E-state index contributed by atoms with van der Waals surface area (Å²) in [5.41, 5.74) is 6.30. The lowest BCUT2D eigenvalue weighted by molar-refractivity contribution is 0.540. The third kappa shape index (κ3) is 3.99. The average molecular weight is 276 g/mol. The third-order valence-corrected chi connectivity index (χ3v) is 4.02. The van der Waals surface area contributed by atoms with Crippen molar-refractivity contribution in [3.63, 3.8) is 0 Å². The van der Waals surface area contributed by atoms with Gasteiger partial charge >= 0.3 is 0 Å². The van der Waals surface area contributed by atoms with Gasteiger partial charge in [-0.05, 0) is 55.4 Å². The molecule has 2 rings (SSSR count). The van der Waals surface area contributed by atoms with E-state index in [2.05, 4.69) is 50.6 Å². The van der Waals surface area contributed by atoms with E-state index in [1.54, 1.807) is 5.57 Å². The van der Waals surface area contributed by atoms with Crippen LogP contribution in [0.1, 0.15) is 50.7 Å². The summed E-state index contributed by atoms with van der Waals surface area (Å²) in [6, 6.07) is 8.25. The number of hydrogen-bond donors (Lipinski definition) is 0. The van der Waals surface area contributed by atoms with Gasteiger partial charge in [0.15, 0.2) is 0 Å². The molecule has 0 heteroatoms. The molecule has 0 spiro atoms. The molecule has 0 saturated heterocycles. The molecule has 1 aliphatic carbocycles. The average Bonchev–Trinajstić information content (AvgIpc) is 2.96. The van der Waals surface area contributed by atoms with Gasteiger partial charge in [-0.2, -0.15) is 0 Å². The van der Waals surface area contributed by atoms with Gasteiger partial charge < -0.3 is 0 Å². The van der Waals surface area contributed by atoms with Crippen molar-refractivity contribution >= 4 is 5.57 Å². The summed E-state index contributed by atoms with van der Waals surface area (Å²) in [5, 5.41) is 0. The van der Waals surface area contributed by atoms with Crippen molar-refractivity contribution in [1.29, 1.82) is 0 Å². The van der Waals surface area contributed by atoms with Crippen LogP contribution in [0.4, 0.5) is 0 Å². The van der Waals surface area contributed by atoms with Crippen molar-refractivity contribution in [3.05, 3.63) is 65.3 Å². The first-order valence-corrected chi connectivity index (χ1v) is 7.76. The number of terminal acetylenes is 1. The second-order valence-corrected chi connectivity index (χ2v) is 5.95. The van der Waals surface area contributed by atoms with Crippen molar-refractivity contribution < 1.29 is 0 Å². The summed E-state index contributed by atoms with van der Waals surface area (Å²) in [5.74, 6) is 3.35. The van der Waals surface area contributed by atoms with Gasteiger partial charge in [0, 0.05) is 5.56 Å². The molecular weight excluding hydrogens is 252 g/mol. The van der Waals surface area contributed by atoms with E-state index in [-0.39, 0.29) is 0 Å². The van der Waals surface area contributed by atoms with Crippen LogP contribution in [0.25, 0.3) is 5.57 Å². The van der Waals surface area contributed by atoms with Crippen LogP contribution in [0, 0.1) is 18.3 Å². The Labute approximate surface area is 129 Å². The minimum Gasteiger partial charge on any atom is -0.115 e. The van der Waals surface area contributed by atoms with Crippen LogP contribution in [-0.4, -0.2) is 0 Å². The first-order chi connectivity index (χ1) is 10.1. The largest absolute Gasteiger partial charge is 0.115 e. The summed E-state index contributed by atoms with van der Waals surface area (Å²) in [7, 11) is 0. The van der Waals surface area contributed by atoms with Crippen LogP contribution in [0.3, 0.4) is 0 Å².